The first-order valence-corrected chi connectivity index (χ1v) is 5.90. The van der Waals surface area contributed by atoms with E-state index in [1.807, 2.05) is 60.7 Å². The Balaban J connectivity index is 2.18. The van der Waals surface area contributed by atoms with E-state index in [0.29, 0.717) is 0 Å². The van der Waals surface area contributed by atoms with Crippen LogP contribution in [0.15, 0.2) is 60.7 Å². The molecule has 3 nitrogen and oxygen atoms in total. The van der Waals surface area contributed by atoms with Gasteiger partial charge in [-0.15, -0.1) is 0 Å². The van der Waals surface area contributed by atoms with Crippen molar-refractivity contribution in [2.24, 2.45) is 5.73 Å². The summed E-state index contributed by atoms with van der Waals surface area (Å²) < 4.78 is 0. The predicted octanol–water partition coefficient (Wildman–Crippen LogP) is 2.64. The van der Waals surface area contributed by atoms with E-state index < -0.39 is 6.03 Å². The second-order valence-corrected chi connectivity index (χ2v) is 4.16. The third-order valence-corrected chi connectivity index (χ3v) is 2.80. The van der Waals surface area contributed by atoms with E-state index in [1.165, 1.54) is 5.56 Å². The van der Waals surface area contributed by atoms with Gasteiger partial charge in [0.25, 0.3) is 0 Å². The van der Waals surface area contributed by atoms with Crippen molar-refractivity contribution in [3.05, 3.63) is 71.8 Å². The van der Waals surface area contributed by atoms with Gasteiger partial charge in [0.05, 0.1) is 6.04 Å². The van der Waals surface area contributed by atoms with Crippen LogP contribution in [0, 0.1) is 0 Å². The van der Waals surface area contributed by atoms with Crippen LogP contribution < -0.4 is 11.1 Å². The molecule has 0 radical (unpaired) electrons. The standard InChI is InChI=1S/C15H16N2O/c16-15(18)17-14(13-9-5-2-6-10-13)11-12-7-3-1-4-8-12/h1-10,14H,11H2,(H3,16,17,18)/t14-/m0/s1. The van der Waals surface area contributed by atoms with E-state index in [9.17, 15) is 4.79 Å². The average molecular weight is 240 g/mol. The summed E-state index contributed by atoms with van der Waals surface area (Å²) in [5, 5.41) is 2.78. The monoisotopic (exact) mass is 240 g/mol. The number of rotatable bonds is 4. The third kappa shape index (κ3) is 3.35. The lowest BCUT2D eigenvalue weighted by atomic mass is 9.99. The Morgan fingerprint density at radius 3 is 2.11 bits per heavy atom. The zero-order valence-electron chi connectivity index (χ0n) is 10.0. The molecule has 0 aliphatic rings. The molecule has 0 saturated heterocycles. The molecule has 1 atom stereocenters. The van der Waals surface area contributed by atoms with Crippen LogP contribution in [-0.4, -0.2) is 6.03 Å². The van der Waals surface area contributed by atoms with Gasteiger partial charge in [0, 0.05) is 0 Å². The summed E-state index contributed by atoms with van der Waals surface area (Å²) >= 11 is 0. The van der Waals surface area contributed by atoms with Crippen LogP contribution in [0.25, 0.3) is 0 Å². The van der Waals surface area contributed by atoms with E-state index in [1.54, 1.807) is 0 Å². The molecular formula is C15H16N2O. The van der Waals surface area contributed by atoms with Gasteiger partial charge in [0.2, 0.25) is 0 Å². The van der Waals surface area contributed by atoms with Gasteiger partial charge in [0.1, 0.15) is 0 Å². The molecule has 0 aromatic heterocycles. The van der Waals surface area contributed by atoms with Gasteiger partial charge in [-0.05, 0) is 17.5 Å². The number of carbonyl (C=O) groups excluding carboxylic acids is 1. The summed E-state index contributed by atoms with van der Waals surface area (Å²) in [6.45, 7) is 0. The quantitative estimate of drug-likeness (QED) is 0.848. The summed E-state index contributed by atoms with van der Waals surface area (Å²) in [5.41, 5.74) is 7.46. The smallest absolute Gasteiger partial charge is 0.312 e. The zero-order valence-corrected chi connectivity index (χ0v) is 10.0. The first-order valence-electron chi connectivity index (χ1n) is 5.90. The molecule has 2 rings (SSSR count). The number of hydrogen-bond donors (Lipinski definition) is 2. The van der Waals surface area contributed by atoms with E-state index in [4.69, 9.17) is 5.73 Å². The Bertz CT molecular complexity index is 496. The molecule has 3 N–H and O–H groups in total. The number of amides is 2. The first kappa shape index (κ1) is 12.2. The molecule has 92 valence electrons. The van der Waals surface area contributed by atoms with E-state index in [-0.39, 0.29) is 6.04 Å². The van der Waals surface area contributed by atoms with Gasteiger partial charge >= 0.3 is 6.03 Å². The maximum absolute atomic E-state index is 11.1. The molecule has 18 heavy (non-hydrogen) atoms. The van der Waals surface area contributed by atoms with Crippen molar-refractivity contribution >= 4 is 6.03 Å². The topological polar surface area (TPSA) is 55.1 Å². The minimum atomic E-state index is -0.500. The highest BCUT2D eigenvalue weighted by molar-refractivity contribution is 5.72. The number of urea groups is 1. The maximum atomic E-state index is 11.1. The number of carbonyl (C=O) groups is 1. The highest BCUT2D eigenvalue weighted by atomic mass is 16.2. The molecule has 0 heterocycles. The summed E-state index contributed by atoms with van der Waals surface area (Å²) in [7, 11) is 0. The number of benzene rings is 2. The Hall–Kier alpha value is -2.29. The van der Waals surface area contributed by atoms with Crippen LogP contribution in [0.2, 0.25) is 0 Å². The van der Waals surface area contributed by atoms with Gasteiger partial charge in [-0.25, -0.2) is 4.79 Å². The number of primary amides is 1. The molecule has 2 aromatic carbocycles. The van der Waals surface area contributed by atoms with Crippen LogP contribution in [0.4, 0.5) is 4.79 Å². The molecule has 0 aliphatic heterocycles. The largest absolute Gasteiger partial charge is 0.352 e. The molecule has 0 unspecified atom stereocenters. The van der Waals surface area contributed by atoms with Crippen molar-refractivity contribution in [2.45, 2.75) is 12.5 Å². The zero-order chi connectivity index (χ0) is 12.8. The first-order chi connectivity index (χ1) is 8.75. The molecule has 2 aromatic rings. The normalized spacial score (nSPS) is 11.8. The fourth-order valence-electron chi connectivity index (χ4n) is 1.96. The van der Waals surface area contributed by atoms with E-state index in [2.05, 4.69) is 5.32 Å². The predicted molar refractivity (Wildman–Crippen MR) is 72.0 cm³/mol. The maximum Gasteiger partial charge on any atom is 0.312 e. The minimum Gasteiger partial charge on any atom is -0.352 e. The number of nitrogens with one attached hydrogen (secondary N) is 1. The lowest BCUT2D eigenvalue weighted by Gasteiger charge is -2.18. The van der Waals surface area contributed by atoms with Crippen molar-refractivity contribution in [2.75, 3.05) is 0 Å². The Morgan fingerprint density at radius 2 is 1.56 bits per heavy atom. The molecular weight excluding hydrogens is 224 g/mol. The average Bonchev–Trinajstić information content (AvgIpc) is 2.40. The van der Waals surface area contributed by atoms with Crippen molar-refractivity contribution < 1.29 is 4.79 Å². The third-order valence-electron chi connectivity index (χ3n) is 2.80. The molecule has 2 amide bonds. The van der Waals surface area contributed by atoms with Crippen molar-refractivity contribution in [1.82, 2.24) is 5.32 Å². The molecule has 0 spiro atoms. The lowest BCUT2D eigenvalue weighted by molar-refractivity contribution is 0.245. The van der Waals surface area contributed by atoms with Gasteiger partial charge in [0.15, 0.2) is 0 Å². The molecule has 0 aliphatic carbocycles. The molecule has 3 heteroatoms. The highest BCUT2D eigenvalue weighted by Crippen LogP contribution is 2.17. The molecule has 0 saturated carbocycles. The van der Waals surface area contributed by atoms with Crippen molar-refractivity contribution in [3.8, 4) is 0 Å². The number of nitrogens with two attached hydrogens (primary N) is 1. The van der Waals surface area contributed by atoms with Gasteiger partial charge in [-0.1, -0.05) is 60.7 Å². The van der Waals surface area contributed by atoms with E-state index in [0.717, 1.165) is 12.0 Å². The van der Waals surface area contributed by atoms with Crippen LogP contribution in [0.3, 0.4) is 0 Å². The number of hydrogen-bond acceptors (Lipinski definition) is 1. The Kier molecular flexibility index (Phi) is 3.97. The highest BCUT2D eigenvalue weighted by Gasteiger charge is 2.13. The van der Waals surface area contributed by atoms with Crippen LogP contribution >= 0.6 is 0 Å². The van der Waals surface area contributed by atoms with Gasteiger partial charge < -0.3 is 11.1 Å². The van der Waals surface area contributed by atoms with Gasteiger partial charge in [-0.2, -0.15) is 0 Å². The summed E-state index contributed by atoms with van der Waals surface area (Å²) in [4.78, 5) is 11.1. The Morgan fingerprint density at radius 1 is 1.00 bits per heavy atom. The summed E-state index contributed by atoms with van der Waals surface area (Å²) in [5.74, 6) is 0. The van der Waals surface area contributed by atoms with Gasteiger partial charge in [-0.3, -0.25) is 0 Å². The fourth-order valence-corrected chi connectivity index (χ4v) is 1.96. The minimum absolute atomic E-state index is 0.0916. The second-order valence-electron chi connectivity index (χ2n) is 4.16. The van der Waals surface area contributed by atoms with Crippen molar-refractivity contribution in [1.29, 1.82) is 0 Å². The van der Waals surface area contributed by atoms with Crippen LogP contribution in [0.1, 0.15) is 17.2 Å². The van der Waals surface area contributed by atoms with Crippen molar-refractivity contribution in [3.63, 3.8) is 0 Å². The SMILES string of the molecule is NC(=O)N[C@@H](Cc1ccccc1)c1ccccc1. The summed E-state index contributed by atoms with van der Waals surface area (Å²) in [6, 6.07) is 19.3. The molecule has 0 fully saturated rings. The van der Waals surface area contributed by atoms with Crippen LogP contribution in [0.5, 0.6) is 0 Å². The second kappa shape index (κ2) is 5.87. The fraction of sp³-hybridized carbons (Fsp3) is 0.133. The summed E-state index contributed by atoms with van der Waals surface area (Å²) in [6.07, 6.45) is 0.730. The Labute approximate surface area is 107 Å². The molecule has 0 bridgehead atoms. The van der Waals surface area contributed by atoms with E-state index >= 15 is 0 Å². The lowest BCUT2D eigenvalue weighted by Crippen LogP contribution is -2.34. The van der Waals surface area contributed by atoms with Crippen LogP contribution in [-0.2, 0) is 6.42 Å².